The predicted molar refractivity (Wildman–Crippen MR) is 128 cm³/mol. The van der Waals surface area contributed by atoms with Crippen molar-refractivity contribution in [2.45, 2.75) is 31.6 Å². The van der Waals surface area contributed by atoms with Crippen LogP contribution < -0.4 is 10.6 Å². The fraction of sp³-hybridized carbons (Fsp3) is 0.348. The summed E-state index contributed by atoms with van der Waals surface area (Å²) in [6.07, 6.45) is 0.562. The van der Waals surface area contributed by atoms with Crippen molar-refractivity contribution in [1.29, 1.82) is 0 Å². The van der Waals surface area contributed by atoms with E-state index < -0.39 is 10.0 Å². The molecular weight excluding hydrogens is 442 g/mol. The normalized spacial score (nSPS) is 11.7. The highest BCUT2D eigenvalue weighted by Crippen LogP contribution is 2.22. The van der Waals surface area contributed by atoms with E-state index in [0.717, 1.165) is 15.4 Å². The minimum Gasteiger partial charge on any atom is -0.352 e. The van der Waals surface area contributed by atoms with Gasteiger partial charge in [-0.05, 0) is 49.7 Å². The van der Waals surface area contributed by atoms with Crippen LogP contribution in [0.15, 0.2) is 41.3 Å². The first-order chi connectivity index (χ1) is 15.5. The lowest BCUT2D eigenvalue weighted by molar-refractivity contribution is -0.116. The van der Waals surface area contributed by atoms with Gasteiger partial charge in [-0.1, -0.05) is 6.07 Å². The molecule has 0 radical (unpaired) electrons. The molecule has 0 aliphatic rings. The summed E-state index contributed by atoms with van der Waals surface area (Å²) in [4.78, 5) is 29.4. The van der Waals surface area contributed by atoms with Gasteiger partial charge in [0, 0.05) is 51.8 Å². The average molecular weight is 472 g/mol. The third-order valence-electron chi connectivity index (χ3n) is 5.41. The van der Waals surface area contributed by atoms with E-state index in [1.807, 2.05) is 25.5 Å². The number of sulfonamides is 1. The molecule has 0 bridgehead atoms. The van der Waals surface area contributed by atoms with E-state index in [4.69, 9.17) is 0 Å². The molecule has 0 spiro atoms. The molecule has 10 heteroatoms. The Labute approximate surface area is 193 Å². The summed E-state index contributed by atoms with van der Waals surface area (Å²) in [5.41, 5.74) is 3.27. The van der Waals surface area contributed by atoms with E-state index in [1.54, 1.807) is 36.4 Å². The summed E-state index contributed by atoms with van der Waals surface area (Å²) < 4.78 is 27.8. The summed E-state index contributed by atoms with van der Waals surface area (Å²) >= 11 is 0. The smallest absolute Gasteiger partial charge is 0.251 e. The molecule has 33 heavy (non-hydrogen) atoms. The molecule has 3 aromatic rings. The SMILES string of the molecule is CCNC(=O)c1ccc(C)c(NC(=O)CCc2nc3cc(S(=O)(=O)N(C)C)ccc3n2C)c1. The number of aryl methyl sites for hydroxylation is 3. The molecule has 0 aliphatic carbocycles. The second-order valence-corrected chi connectivity index (χ2v) is 10.1. The number of hydrogen-bond donors (Lipinski definition) is 2. The molecule has 0 atom stereocenters. The Balaban J connectivity index is 1.74. The van der Waals surface area contributed by atoms with E-state index in [2.05, 4.69) is 15.6 Å². The van der Waals surface area contributed by atoms with E-state index in [1.165, 1.54) is 14.1 Å². The zero-order valence-corrected chi connectivity index (χ0v) is 20.3. The summed E-state index contributed by atoms with van der Waals surface area (Å²) in [6.45, 7) is 4.23. The largest absolute Gasteiger partial charge is 0.352 e. The summed E-state index contributed by atoms with van der Waals surface area (Å²) in [5.74, 6) is 0.282. The molecule has 2 amide bonds. The quantitative estimate of drug-likeness (QED) is 0.524. The molecule has 2 N–H and O–H groups in total. The van der Waals surface area contributed by atoms with Gasteiger partial charge in [-0.15, -0.1) is 0 Å². The molecule has 0 saturated carbocycles. The molecule has 1 aromatic heterocycles. The van der Waals surface area contributed by atoms with Gasteiger partial charge in [-0.2, -0.15) is 0 Å². The number of benzene rings is 2. The number of imidazole rings is 1. The number of fused-ring (bicyclic) bond motifs is 1. The van der Waals surface area contributed by atoms with Crippen molar-refractivity contribution >= 4 is 38.6 Å². The average Bonchev–Trinajstić information content (AvgIpc) is 3.08. The first-order valence-corrected chi connectivity index (χ1v) is 12.0. The second-order valence-electron chi connectivity index (χ2n) is 7.96. The third-order valence-corrected chi connectivity index (χ3v) is 7.22. The van der Waals surface area contributed by atoms with E-state index in [0.29, 0.717) is 35.6 Å². The Kier molecular flexibility index (Phi) is 7.19. The zero-order valence-electron chi connectivity index (χ0n) is 19.5. The minimum absolute atomic E-state index is 0.171. The fourth-order valence-corrected chi connectivity index (χ4v) is 4.35. The molecule has 176 valence electrons. The Hall–Kier alpha value is -3.24. The molecule has 1 heterocycles. The van der Waals surface area contributed by atoms with Crippen LogP contribution in [0.2, 0.25) is 0 Å². The van der Waals surface area contributed by atoms with E-state index in [9.17, 15) is 18.0 Å². The van der Waals surface area contributed by atoms with E-state index >= 15 is 0 Å². The van der Waals surface area contributed by atoms with Crippen molar-refractivity contribution in [1.82, 2.24) is 19.2 Å². The van der Waals surface area contributed by atoms with Crippen molar-refractivity contribution in [3.05, 3.63) is 53.3 Å². The third kappa shape index (κ3) is 5.23. The first kappa shape index (κ1) is 24.4. The van der Waals surface area contributed by atoms with Gasteiger partial charge in [0.25, 0.3) is 5.91 Å². The molecule has 0 unspecified atom stereocenters. The lowest BCUT2D eigenvalue weighted by Crippen LogP contribution is -2.23. The van der Waals surface area contributed by atoms with Gasteiger partial charge >= 0.3 is 0 Å². The number of hydrogen-bond acceptors (Lipinski definition) is 5. The highest BCUT2D eigenvalue weighted by molar-refractivity contribution is 7.89. The number of amides is 2. The molecule has 9 nitrogen and oxygen atoms in total. The van der Waals surface area contributed by atoms with Crippen molar-refractivity contribution in [2.24, 2.45) is 7.05 Å². The lowest BCUT2D eigenvalue weighted by Gasteiger charge is -2.11. The van der Waals surface area contributed by atoms with Crippen molar-refractivity contribution < 1.29 is 18.0 Å². The van der Waals surface area contributed by atoms with Crippen molar-refractivity contribution in [3.8, 4) is 0 Å². The molecule has 2 aromatic carbocycles. The van der Waals surface area contributed by atoms with Gasteiger partial charge in [-0.3, -0.25) is 9.59 Å². The maximum atomic E-state index is 12.6. The Bertz CT molecular complexity index is 1310. The van der Waals surface area contributed by atoms with Gasteiger partial charge in [-0.25, -0.2) is 17.7 Å². The number of carbonyl (C=O) groups is 2. The molecular formula is C23H29N5O4S. The standard InChI is InChI=1S/C23H29N5O4S/c1-6-24-23(30)16-8-7-15(2)18(13-16)26-22(29)12-11-21-25-19-14-17(33(31,32)27(3)4)9-10-20(19)28(21)5/h7-10,13-14H,6,11-12H2,1-5H3,(H,24,30)(H,26,29). The summed E-state index contributed by atoms with van der Waals surface area (Å²) in [5, 5.41) is 5.62. The van der Waals surface area contributed by atoms with Crippen LogP contribution in [0.5, 0.6) is 0 Å². The number of rotatable bonds is 8. The Morgan fingerprint density at radius 2 is 1.85 bits per heavy atom. The summed E-state index contributed by atoms with van der Waals surface area (Å²) in [6, 6.07) is 10.0. The van der Waals surface area contributed by atoms with Gasteiger partial charge in [0.15, 0.2) is 0 Å². The van der Waals surface area contributed by atoms with Gasteiger partial charge < -0.3 is 15.2 Å². The number of carbonyl (C=O) groups excluding carboxylic acids is 2. The van der Waals surface area contributed by atoms with Crippen molar-refractivity contribution in [2.75, 3.05) is 26.0 Å². The lowest BCUT2D eigenvalue weighted by atomic mass is 10.1. The van der Waals surface area contributed by atoms with E-state index in [-0.39, 0.29) is 23.1 Å². The topological polar surface area (TPSA) is 113 Å². The first-order valence-electron chi connectivity index (χ1n) is 10.6. The van der Waals surface area contributed by atoms with Gasteiger partial charge in [0.1, 0.15) is 5.82 Å². The van der Waals surface area contributed by atoms with Crippen LogP contribution >= 0.6 is 0 Å². The van der Waals surface area contributed by atoms with Crippen molar-refractivity contribution in [3.63, 3.8) is 0 Å². The molecule has 0 saturated heterocycles. The van der Waals surface area contributed by atoms with Crippen LogP contribution in [0.1, 0.15) is 35.1 Å². The van der Waals surface area contributed by atoms with Crippen LogP contribution in [0.3, 0.4) is 0 Å². The number of nitrogens with zero attached hydrogens (tertiary/aromatic N) is 3. The number of aromatic nitrogens is 2. The zero-order chi connectivity index (χ0) is 24.3. The second kappa shape index (κ2) is 9.72. The van der Waals surface area contributed by atoms with Crippen LogP contribution in [-0.2, 0) is 28.3 Å². The van der Waals surface area contributed by atoms with Gasteiger partial charge in [0.05, 0.1) is 15.9 Å². The van der Waals surface area contributed by atoms with Crippen LogP contribution in [0, 0.1) is 6.92 Å². The highest BCUT2D eigenvalue weighted by atomic mass is 32.2. The van der Waals surface area contributed by atoms with Crippen LogP contribution in [-0.4, -0.2) is 54.7 Å². The molecule has 0 aliphatic heterocycles. The highest BCUT2D eigenvalue weighted by Gasteiger charge is 2.19. The maximum Gasteiger partial charge on any atom is 0.251 e. The Morgan fingerprint density at radius 1 is 1.12 bits per heavy atom. The monoisotopic (exact) mass is 471 g/mol. The van der Waals surface area contributed by atoms with Gasteiger partial charge in [0.2, 0.25) is 15.9 Å². The van der Waals surface area contributed by atoms with Crippen LogP contribution in [0.25, 0.3) is 11.0 Å². The Morgan fingerprint density at radius 3 is 2.52 bits per heavy atom. The number of nitrogens with one attached hydrogen (secondary N) is 2. The summed E-state index contributed by atoms with van der Waals surface area (Å²) in [7, 11) is 1.24. The van der Waals surface area contributed by atoms with Crippen LogP contribution in [0.4, 0.5) is 5.69 Å². The minimum atomic E-state index is -3.56. The maximum absolute atomic E-state index is 12.6. The predicted octanol–water partition coefficient (Wildman–Crippen LogP) is 2.45. The molecule has 0 fully saturated rings. The fourth-order valence-electron chi connectivity index (χ4n) is 3.42. The number of anilines is 1. The molecule has 3 rings (SSSR count).